The molecule has 34 heavy (non-hydrogen) atoms. The number of carbonyl (C=O) groups excluding carboxylic acids is 1. The van der Waals surface area contributed by atoms with Crippen LogP contribution in [0.25, 0.3) is 0 Å². The van der Waals surface area contributed by atoms with Crippen LogP contribution in [0.2, 0.25) is 5.02 Å². The van der Waals surface area contributed by atoms with Crippen molar-refractivity contribution in [3.8, 4) is 11.5 Å². The lowest BCUT2D eigenvalue weighted by atomic mass is 10.1. The highest BCUT2D eigenvalue weighted by Gasteiger charge is 2.17. The van der Waals surface area contributed by atoms with Crippen molar-refractivity contribution in [2.75, 3.05) is 24.7 Å². The summed E-state index contributed by atoms with van der Waals surface area (Å²) < 4.78 is 38.4. The second-order valence-electron chi connectivity index (χ2n) is 7.28. The van der Waals surface area contributed by atoms with Crippen LogP contribution in [0.4, 0.5) is 5.69 Å². The number of nitrogens with one attached hydrogen (secondary N) is 2. The molecule has 3 rings (SSSR count). The fraction of sp³-hybridized carbons (Fsp3) is 0.208. The topological polar surface area (TPSA) is 93.7 Å². The molecule has 10 heteroatoms. The summed E-state index contributed by atoms with van der Waals surface area (Å²) in [6.45, 7) is 1.62. The lowest BCUT2D eigenvalue weighted by Crippen LogP contribution is -2.31. The summed E-state index contributed by atoms with van der Waals surface area (Å²) >= 11 is 7.87. The van der Waals surface area contributed by atoms with E-state index in [-0.39, 0.29) is 34.2 Å². The van der Waals surface area contributed by atoms with Crippen molar-refractivity contribution in [2.45, 2.75) is 22.8 Å². The predicted octanol–water partition coefficient (Wildman–Crippen LogP) is 5.13. The third-order valence-electron chi connectivity index (χ3n) is 4.91. The molecule has 0 aliphatic rings. The molecule has 0 spiro atoms. The molecule has 0 radical (unpaired) electrons. The smallest absolute Gasteiger partial charge is 0.261 e. The van der Waals surface area contributed by atoms with Crippen LogP contribution in [0.1, 0.15) is 18.5 Å². The van der Waals surface area contributed by atoms with Crippen LogP contribution in [0.5, 0.6) is 11.5 Å². The number of ether oxygens (including phenoxy) is 2. The van der Waals surface area contributed by atoms with Gasteiger partial charge in [0.25, 0.3) is 15.9 Å². The zero-order valence-electron chi connectivity index (χ0n) is 18.9. The Morgan fingerprint density at radius 1 is 1.06 bits per heavy atom. The van der Waals surface area contributed by atoms with Crippen molar-refractivity contribution in [3.63, 3.8) is 0 Å². The van der Waals surface area contributed by atoms with E-state index < -0.39 is 10.0 Å². The molecular formula is C24H25ClN2O5S2. The Labute approximate surface area is 208 Å². The number of methoxy groups -OCH3 is 1. The van der Waals surface area contributed by atoms with Crippen molar-refractivity contribution in [2.24, 2.45) is 0 Å². The van der Waals surface area contributed by atoms with Crippen molar-refractivity contribution >= 4 is 45.0 Å². The van der Waals surface area contributed by atoms with E-state index in [1.165, 1.54) is 25.3 Å². The average Bonchev–Trinajstić information content (AvgIpc) is 2.83. The molecule has 1 amide bonds. The molecule has 1 atom stereocenters. The van der Waals surface area contributed by atoms with Gasteiger partial charge >= 0.3 is 0 Å². The van der Waals surface area contributed by atoms with Crippen LogP contribution in [-0.2, 0) is 14.8 Å². The van der Waals surface area contributed by atoms with Crippen LogP contribution < -0.4 is 19.5 Å². The molecule has 3 aromatic rings. The molecule has 0 saturated heterocycles. The molecule has 0 aromatic heterocycles. The normalized spacial score (nSPS) is 12.0. The maximum atomic E-state index is 12.7. The molecule has 0 heterocycles. The van der Waals surface area contributed by atoms with Gasteiger partial charge in [0.1, 0.15) is 11.5 Å². The van der Waals surface area contributed by atoms with Gasteiger partial charge in [-0.25, -0.2) is 8.42 Å². The molecular weight excluding hydrogens is 496 g/mol. The van der Waals surface area contributed by atoms with Gasteiger partial charge in [0.05, 0.1) is 23.1 Å². The molecule has 2 N–H and O–H groups in total. The Morgan fingerprint density at radius 3 is 2.32 bits per heavy atom. The number of halogens is 1. The van der Waals surface area contributed by atoms with Crippen LogP contribution in [0, 0.1) is 0 Å². The standard InChI is InChI=1S/C24H25ClN2O5S2/c1-16(17-4-10-20(33-3)11-5-17)26-24(28)15-32-23-13-12-21(14-22(23)25)34(29,30)27-18-6-8-19(31-2)9-7-18/h4-14,16,27H,15H2,1-3H3,(H,26,28)/t16-/m1/s1. The summed E-state index contributed by atoms with van der Waals surface area (Å²) in [7, 11) is -2.34. The molecule has 0 bridgehead atoms. The minimum Gasteiger partial charge on any atom is -0.497 e. The minimum atomic E-state index is -3.87. The van der Waals surface area contributed by atoms with Crippen molar-refractivity contribution in [3.05, 3.63) is 77.3 Å². The zero-order valence-corrected chi connectivity index (χ0v) is 21.3. The third kappa shape index (κ3) is 6.82. The fourth-order valence-corrected chi connectivity index (χ4v) is 4.83. The highest BCUT2D eigenvalue weighted by atomic mass is 35.5. The van der Waals surface area contributed by atoms with Gasteiger partial charge in [-0.05, 0) is 73.3 Å². The predicted molar refractivity (Wildman–Crippen MR) is 136 cm³/mol. The number of benzene rings is 3. The molecule has 7 nitrogen and oxygen atoms in total. The van der Waals surface area contributed by atoms with E-state index in [2.05, 4.69) is 10.0 Å². The second-order valence-corrected chi connectivity index (χ2v) is 10.2. The SMILES string of the molecule is COc1ccc(NS(=O)(=O)c2ccc(OCC(=O)N[C@H](C)c3ccc(SC)cc3)c(Cl)c2)cc1. The Hall–Kier alpha value is -2.88. The summed E-state index contributed by atoms with van der Waals surface area (Å²) in [6.07, 6.45) is 2.00. The van der Waals surface area contributed by atoms with E-state index in [1.54, 1.807) is 36.0 Å². The first-order valence-corrected chi connectivity index (χ1v) is 13.3. The van der Waals surface area contributed by atoms with Crippen LogP contribution in [-0.4, -0.2) is 34.3 Å². The third-order valence-corrected chi connectivity index (χ3v) is 7.33. The monoisotopic (exact) mass is 520 g/mol. The quantitative estimate of drug-likeness (QED) is 0.360. The van der Waals surface area contributed by atoms with E-state index in [9.17, 15) is 13.2 Å². The Bertz CT molecular complexity index is 1230. The average molecular weight is 521 g/mol. The maximum absolute atomic E-state index is 12.7. The summed E-state index contributed by atoms with van der Waals surface area (Å²) in [5, 5.41) is 2.94. The number of amides is 1. The molecule has 3 aromatic carbocycles. The number of anilines is 1. The molecule has 0 aliphatic carbocycles. The lowest BCUT2D eigenvalue weighted by molar-refractivity contribution is -0.123. The minimum absolute atomic E-state index is 0.0348. The zero-order chi connectivity index (χ0) is 24.7. The summed E-state index contributed by atoms with van der Waals surface area (Å²) in [4.78, 5) is 13.4. The van der Waals surface area contributed by atoms with Gasteiger partial charge < -0.3 is 14.8 Å². The summed E-state index contributed by atoms with van der Waals surface area (Å²) in [5.41, 5.74) is 1.36. The molecule has 0 saturated carbocycles. The number of hydrogen-bond acceptors (Lipinski definition) is 6. The molecule has 180 valence electrons. The lowest BCUT2D eigenvalue weighted by Gasteiger charge is -2.16. The van der Waals surface area contributed by atoms with Crippen molar-refractivity contribution in [1.82, 2.24) is 5.32 Å². The van der Waals surface area contributed by atoms with Gasteiger partial charge in [-0.1, -0.05) is 23.7 Å². The summed E-state index contributed by atoms with van der Waals surface area (Å²) in [5.74, 6) is 0.493. The number of sulfonamides is 1. The van der Waals surface area contributed by atoms with Crippen LogP contribution >= 0.6 is 23.4 Å². The van der Waals surface area contributed by atoms with Gasteiger partial charge in [-0.15, -0.1) is 11.8 Å². The van der Waals surface area contributed by atoms with E-state index in [0.29, 0.717) is 11.4 Å². The Balaban J connectivity index is 1.59. The maximum Gasteiger partial charge on any atom is 0.261 e. The van der Waals surface area contributed by atoms with Crippen molar-refractivity contribution in [1.29, 1.82) is 0 Å². The van der Waals surface area contributed by atoms with Crippen LogP contribution in [0.3, 0.4) is 0 Å². The first kappa shape index (κ1) is 25.7. The number of thioether (sulfide) groups is 1. The fourth-order valence-electron chi connectivity index (χ4n) is 3.04. The number of carbonyl (C=O) groups is 1. The first-order valence-electron chi connectivity index (χ1n) is 10.2. The van der Waals surface area contributed by atoms with Gasteiger partial charge in [-0.3, -0.25) is 9.52 Å². The van der Waals surface area contributed by atoms with E-state index in [0.717, 1.165) is 10.5 Å². The van der Waals surface area contributed by atoms with E-state index in [4.69, 9.17) is 21.1 Å². The number of hydrogen-bond donors (Lipinski definition) is 2. The van der Waals surface area contributed by atoms with E-state index in [1.807, 2.05) is 37.4 Å². The molecule has 0 aliphatic heterocycles. The summed E-state index contributed by atoms with van der Waals surface area (Å²) in [6, 6.07) is 18.3. The number of rotatable bonds is 10. The van der Waals surface area contributed by atoms with Crippen LogP contribution in [0.15, 0.2) is 76.5 Å². The van der Waals surface area contributed by atoms with Crippen molar-refractivity contribution < 1.29 is 22.7 Å². The highest BCUT2D eigenvalue weighted by Crippen LogP contribution is 2.29. The Morgan fingerprint density at radius 2 is 1.74 bits per heavy atom. The van der Waals surface area contributed by atoms with Gasteiger partial charge in [0, 0.05) is 10.6 Å². The highest BCUT2D eigenvalue weighted by molar-refractivity contribution is 7.98. The van der Waals surface area contributed by atoms with E-state index >= 15 is 0 Å². The second kappa shape index (κ2) is 11.5. The Kier molecular flexibility index (Phi) is 8.71. The van der Waals surface area contributed by atoms with Gasteiger partial charge in [0.2, 0.25) is 0 Å². The molecule has 0 fully saturated rings. The van der Waals surface area contributed by atoms with Gasteiger partial charge in [-0.2, -0.15) is 0 Å². The van der Waals surface area contributed by atoms with Gasteiger partial charge in [0.15, 0.2) is 6.61 Å². The largest absolute Gasteiger partial charge is 0.497 e. The first-order chi connectivity index (χ1) is 16.2. The molecule has 0 unspecified atom stereocenters.